The van der Waals surface area contributed by atoms with Gasteiger partial charge in [-0.3, -0.25) is 4.79 Å². The molecule has 0 saturated heterocycles. The molecule has 1 rings (SSSR count). The number of carbonyl (C=O) groups excluding carboxylic acids is 1. The van der Waals surface area contributed by atoms with Gasteiger partial charge in [0.1, 0.15) is 5.69 Å². The molecule has 0 aliphatic heterocycles. The number of hydrogen-bond acceptors (Lipinski definition) is 3. The largest absolute Gasteiger partial charge is 0.481 e. The average Bonchev–Trinajstić information content (AvgIpc) is 2.17. The van der Waals surface area contributed by atoms with E-state index in [0.717, 1.165) is 0 Å². The van der Waals surface area contributed by atoms with Crippen LogP contribution in [-0.4, -0.2) is 17.3 Å². The molecule has 0 radical (unpaired) electrons. The Morgan fingerprint density at radius 3 is 2.67 bits per heavy atom. The number of nitrogens with zero attached hydrogens (tertiary/aromatic N) is 1. The summed E-state index contributed by atoms with van der Waals surface area (Å²) in [4.78, 5) is 14.4. The Labute approximate surface area is 97.5 Å². The van der Waals surface area contributed by atoms with E-state index in [9.17, 15) is 13.6 Å². The summed E-state index contributed by atoms with van der Waals surface area (Å²) in [7, 11) is 1.26. The third-order valence-corrected chi connectivity index (χ3v) is 2.62. The first-order chi connectivity index (χ1) is 6.97. The molecule has 0 spiro atoms. The lowest BCUT2D eigenvalue weighted by Crippen LogP contribution is -2.02. The maximum absolute atomic E-state index is 12.5. The Balaban J connectivity index is 3.40. The number of halogens is 4. The van der Waals surface area contributed by atoms with Crippen molar-refractivity contribution in [1.29, 1.82) is 0 Å². The van der Waals surface area contributed by atoms with E-state index >= 15 is 0 Å². The highest BCUT2D eigenvalue weighted by Gasteiger charge is 2.21. The van der Waals surface area contributed by atoms with E-state index in [-0.39, 0.29) is 15.9 Å². The summed E-state index contributed by atoms with van der Waals surface area (Å²) in [5.41, 5.74) is -0.669. The molecule has 0 N–H and O–H groups in total. The summed E-state index contributed by atoms with van der Waals surface area (Å²) in [6.07, 6.45) is -2.82. The lowest BCUT2D eigenvalue weighted by Gasteiger charge is -2.08. The quantitative estimate of drug-likeness (QED) is 0.805. The zero-order valence-corrected chi connectivity index (χ0v) is 9.77. The maximum atomic E-state index is 12.5. The van der Waals surface area contributed by atoms with Gasteiger partial charge < -0.3 is 4.74 Å². The van der Waals surface area contributed by atoms with Crippen LogP contribution in [0.5, 0.6) is 5.88 Å². The molecule has 7 heteroatoms. The van der Waals surface area contributed by atoms with Crippen LogP contribution < -0.4 is 4.74 Å². The highest BCUT2D eigenvalue weighted by Crippen LogP contribution is 2.31. The molecular weight excluding hydrogens is 295 g/mol. The Hall–Kier alpha value is -0.750. The van der Waals surface area contributed by atoms with Crippen molar-refractivity contribution in [3.05, 3.63) is 21.8 Å². The van der Waals surface area contributed by atoms with Gasteiger partial charge in [-0.05, 0) is 27.5 Å². The first-order valence-corrected chi connectivity index (χ1v) is 4.87. The van der Waals surface area contributed by atoms with Crippen LogP contribution in [0.2, 0.25) is 0 Å². The third kappa shape index (κ3) is 2.63. The number of ether oxygens (including phenoxy) is 1. The molecule has 1 aromatic rings. The van der Waals surface area contributed by atoms with E-state index < -0.39 is 17.4 Å². The first-order valence-electron chi connectivity index (χ1n) is 3.69. The molecule has 0 saturated carbocycles. The molecular formula is C8H5BrClF2NO2. The minimum Gasteiger partial charge on any atom is -0.481 e. The molecule has 0 bridgehead atoms. The smallest absolute Gasteiger partial charge is 0.281 e. The molecule has 3 nitrogen and oxygen atoms in total. The second-order valence-corrected chi connectivity index (χ2v) is 3.62. The van der Waals surface area contributed by atoms with Gasteiger partial charge in [-0.1, -0.05) is 0 Å². The zero-order chi connectivity index (χ0) is 11.6. The van der Waals surface area contributed by atoms with Gasteiger partial charge in [0, 0.05) is 6.07 Å². The predicted molar refractivity (Wildman–Crippen MR) is 53.6 cm³/mol. The van der Waals surface area contributed by atoms with Crippen LogP contribution in [-0.2, 0) is 0 Å². The molecule has 0 atom stereocenters. The van der Waals surface area contributed by atoms with Crippen molar-refractivity contribution in [1.82, 2.24) is 4.98 Å². The number of hydrogen-bond donors (Lipinski definition) is 0. The number of alkyl halides is 2. The van der Waals surface area contributed by atoms with Gasteiger partial charge in [0.2, 0.25) is 5.88 Å². The minimum atomic E-state index is -2.82. The molecule has 0 aliphatic rings. The monoisotopic (exact) mass is 299 g/mol. The zero-order valence-electron chi connectivity index (χ0n) is 7.43. The second-order valence-electron chi connectivity index (χ2n) is 2.49. The summed E-state index contributed by atoms with van der Waals surface area (Å²) < 4.78 is 29.5. The molecule has 0 amide bonds. The summed E-state index contributed by atoms with van der Waals surface area (Å²) in [6.45, 7) is 0. The molecule has 82 valence electrons. The highest BCUT2D eigenvalue weighted by atomic mass is 79.9. The van der Waals surface area contributed by atoms with Crippen LogP contribution in [0.1, 0.15) is 22.5 Å². The van der Waals surface area contributed by atoms with Crippen molar-refractivity contribution in [3.8, 4) is 5.88 Å². The maximum Gasteiger partial charge on any atom is 0.281 e. The number of methoxy groups -OCH3 is 1. The Morgan fingerprint density at radius 1 is 1.67 bits per heavy atom. The predicted octanol–water partition coefficient (Wildman–Crippen LogP) is 3.17. The first kappa shape index (κ1) is 12.3. The van der Waals surface area contributed by atoms with Crippen LogP contribution in [0, 0.1) is 0 Å². The van der Waals surface area contributed by atoms with E-state index in [4.69, 9.17) is 11.6 Å². The van der Waals surface area contributed by atoms with Gasteiger partial charge >= 0.3 is 0 Å². The topological polar surface area (TPSA) is 39.2 Å². The molecule has 0 fully saturated rings. The molecule has 1 heterocycles. The minimum absolute atomic E-state index is 0.0856. The van der Waals surface area contributed by atoms with Crippen LogP contribution >= 0.6 is 27.5 Å². The molecule has 1 aromatic heterocycles. The summed E-state index contributed by atoms with van der Waals surface area (Å²) in [6, 6.07) is 1.19. The average molecular weight is 300 g/mol. The van der Waals surface area contributed by atoms with Crippen molar-refractivity contribution < 1.29 is 18.3 Å². The fourth-order valence-electron chi connectivity index (χ4n) is 0.917. The lowest BCUT2D eigenvalue weighted by molar-refractivity contribution is 0.107. The number of rotatable bonds is 3. The highest BCUT2D eigenvalue weighted by molar-refractivity contribution is 9.10. The van der Waals surface area contributed by atoms with Crippen molar-refractivity contribution in [3.63, 3.8) is 0 Å². The van der Waals surface area contributed by atoms with Crippen LogP contribution in [0.3, 0.4) is 0 Å². The van der Waals surface area contributed by atoms with E-state index in [1.807, 2.05) is 0 Å². The van der Waals surface area contributed by atoms with Gasteiger partial charge in [0.15, 0.2) is 0 Å². The molecule has 0 aromatic carbocycles. The van der Waals surface area contributed by atoms with Crippen molar-refractivity contribution in [2.75, 3.05) is 7.11 Å². The lowest BCUT2D eigenvalue weighted by atomic mass is 10.2. The standard InChI is InChI=1S/C8H5BrClF2NO2/c1-15-4-2-3(7(10)14)5(9)6(13-4)8(11)12/h2,8H,1H3. The van der Waals surface area contributed by atoms with Gasteiger partial charge in [0.25, 0.3) is 11.7 Å². The SMILES string of the molecule is COc1cc(C(=O)Cl)c(Br)c(C(F)F)n1. The fraction of sp³-hybridized carbons (Fsp3) is 0.250. The van der Waals surface area contributed by atoms with Gasteiger partial charge in [-0.25, -0.2) is 13.8 Å². The number of pyridine rings is 1. The molecule has 0 aliphatic carbocycles. The number of carbonyl (C=O) groups is 1. The third-order valence-electron chi connectivity index (χ3n) is 1.59. The van der Waals surface area contributed by atoms with Crippen molar-refractivity contribution in [2.24, 2.45) is 0 Å². The van der Waals surface area contributed by atoms with E-state index in [0.29, 0.717) is 0 Å². The summed E-state index contributed by atoms with van der Waals surface area (Å²) in [5.74, 6) is -0.0856. The second kappa shape index (κ2) is 4.85. The summed E-state index contributed by atoms with van der Waals surface area (Å²) >= 11 is 8.06. The van der Waals surface area contributed by atoms with Crippen LogP contribution in [0.15, 0.2) is 10.5 Å². The molecule has 15 heavy (non-hydrogen) atoms. The van der Waals surface area contributed by atoms with Gasteiger partial charge in [-0.2, -0.15) is 0 Å². The normalized spacial score (nSPS) is 10.5. The van der Waals surface area contributed by atoms with Crippen LogP contribution in [0.4, 0.5) is 8.78 Å². The van der Waals surface area contributed by atoms with Gasteiger partial charge in [0.05, 0.1) is 17.1 Å². The van der Waals surface area contributed by atoms with Gasteiger partial charge in [-0.15, -0.1) is 0 Å². The fourth-order valence-corrected chi connectivity index (χ4v) is 1.74. The van der Waals surface area contributed by atoms with E-state index in [1.165, 1.54) is 13.2 Å². The van der Waals surface area contributed by atoms with Crippen molar-refractivity contribution in [2.45, 2.75) is 6.43 Å². The van der Waals surface area contributed by atoms with E-state index in [2.05, 4.69) is 25.7 Å². The van der Waals surface area contributed by atoms with Crippen LogP contribution in [0.25, 0.3) is 0 Å². The molecule has 0 unspecified atom stereocenters. The number of aromatic nitrogens is 1. The summed E-state index contributed by atoms with van der Waals surface area (Å²) in [5, 5.41) is -0.857. The Kier molecular flexibility index (Phi) is 3.98. The van der Waals surface area contributed by atoms with E-state index in [1.54, 1.807) is 0 Å². The Morgan fingerprint density at radius 2 is 2.27 bits per heavy atom. The Bertz CT molecular complexity index is 400. The van der Waals surface area contributed by atoms with Crippen molar-refractivity contribution >= 4 is 32.8 Å².